The van der Waals surface area contributed by atoms with E-state index in [4.69, 9.17) is 4.74 Å². The Kier molecular flexibility index (Phi) is 5.31. The van der Waals surface area contributed by atoms with Gasteiger partial charge in [0, 0.05) is 12.6 Å². The summed E-state index contributed by atoms with van der Waals surface area (Å²) in [5, 5.41) is 0. The molecule has 1 saturated heterocycles. The predicted molar refractivity (Wildman–Crippen MR) is 106 cm³/mol. The minimum absolute atomic E-state index is 0.135. The van der Waals surface area contributed by atoms with Gasteiger partial charge in [0.25, 0.3) is 0 Å². The molecular formula is C24H23NO2. The molecule has 0 bridgehead atoms. The summed E-state index contributed by atoms with van der Waals surface area (Å²) in [7, 11) is 0. The van der Waals surface area contributed by atoms with Crippen molar-refractivity contribution in [1.29, 1.82) is 0 Å². The van der Waals surface area contributed by atoms with Crippen LogP contribution in [0.3, 0.4) is 0 Å². The normalized spacial score (nSPS) is 20.2. The van der Waals surface area contributed by atoms with Crippen LogP contribution in [0.4, 0.5) is 0 Å². The van der Waals surface area contributed by atoms with Gasteiger partial charge in [-0.3, -0.25) is 4.90 Å². The van der Waals surface area contributed by atoms with Gasteiger partial charge < -0.3 is 4.74 Å². The highest BCUT2D eigenvalue weighted by atomic mass is 16.5. The van der Waals surface area contributed by atoms with Crippen molar-refractivity contribution in [2.45, 2.75) is 25.0 Å². The van der Waals surface area contributed by atoms with E-state index in [1.807, 2.05) is 54.6 Å². The van der Waals surface area contributed by atoms with E-state index in [0.29, 0.717) is 13.2 Å². The van der Waals surface area contributed by atoms with Gasteiger partial charge in [0.2, 0.25) is 0 Å². The van der Waals surface area contributed by atoms with E-state index in [-0.39, 0.29) is 18.1 Å². The smallest absolute Gasteiger partial charge is 0.328 e. The molecule has 2 atom stereocenters. The van der Waals surface area contributed by atoms with Crippen molar-refractivity contribution in [1.82, 2.24) is 4.90 Å². The molecule has 1 heterocycles. The molecule has 0 amide bonds. The molecule has 1 aliphatic rings. The van der Waals surface area contributed by atoms with Gasteiger partial charge >= 0.3 is 5.97 Å². The largest absolute Gasteiger partial charge is 0.463 e. The van der Waals surface area contributed by atoms with Crippen LogP contribution in [-0.4, -0.2) is 23.5 Å². The Labute approximate surface area is 160 Å². The molecular weight excluding hydrogens is 334 g/mol. The number of hydrogen-bond acceptors (Lipinski definition) is 3. The molecule has 0 spiro atoms. The Morgan fingerprint density at radius 3 is 1.96 bits per heavy atom. The Hall–Kier alpha value is -2.91. The molecule has 136 valence electrons. The molecule has 3 heteroatoms. The molecule has 0 saturated carbocycles. The summed E-state index contributed by atoms with van der Waals surface area (Å²) in [6.45, 7) is 1.14. The van der Waals surface area contributed by atoms with Gasteiger partial charge in [-0.25, -0.2) is 4.79 Å². The number of carbonyl (C=O) groups excluding carboxylic acids is 1. The summed E-state index contributed by atoms with van der Waals surface area (Å²) in [5.41, 5.74) is 3.44. The molecule has 0 radical (unpaired) electrons. The lowest BCUT2D eigenvalue weighted by atomic mass is 9.96. The third-order valence-corrected chi connectivity index (χ3v) is 5.08. The summed E-state index contributed by atoms with van der Waals surface area (Å²) in [6.07, 6.45) is 0.851. The standard InChI is InChI=1S/C24H23NO2/c26-24-23(21-14-8-3-9-15-21)25(17-20-12-6-2-7-13-20)22(18-27-24)16-19-10-4-1-5-11-19/h1-15,22-23H,16-18H2/t22-,23+/m0/s1. The topological polar surface area (TPSA) is 29.5 Å². The fourth-order valence-corrected chi connectivity index (χ4v) is 3.74. The predicted octanol–water partition coefficient (Wildman–Crippen LogP) is 4.40. The van der Waals surface area contributed by atoms with Crippen molar-refractivity contribution in [3.05, 3.63) is 108 Å². The molecule has 0 N–H and O–H groups in total. The van der Waals surface area contributed by atoms with Crippen LogP contribution in [0.25, 0.3) is 0 Å². The molecule has 0 aliphatic carbocycles. The second kappa shape index (κ2) is 8.19. The van der Waals surface area contributed by atoms with Crippen LogP contribution < -0.4 is 0 Å². The van der Waals surface area contributed by atoms with Gasteiger partial charge in [-0.05, 0) is 23.1 Å². The number of rotatable bonds is 5. The minimum atomic E-state index is -0.381. The Bertz CT molecular complexity index is 865. The van der Waals surface area contributed by atoms with Crippen LogP contribution in [0.15, 0.2) is 91.0 Å². The highest BCUT2D eigenvalue weighted by Gasteiger charge is 2.38. The van der Waals surface area contributed by atoms with Gasteiger partial charge in [0.15, 0.2) is 0 Å². The molecule has 1 fully saturated rings. The summed E-state index contributed by atoms with van der Waals surface area (Å²) >= 11 is 0. The van der Waals surface area contributed by atoms with Gasteiger partial charge in [0.1, 0.15) is 12.6 Å². The van der Waals surface area contributed by atoms with E-state index in [0.717, 1.165) is 12.0 Å². The lowest BCUT2D eigenvalue weighted by molar-refractivity contribution is -0.163. The third-order valence-electron chi connectivity index (χ3n) is 5.08. The summed E-state index contributed by atoms with van der Waals surface area (Å²) in [4.78, 5) is 15.0. The van der Waals surface area contributed by atoms with Crippen molar-refractivity contribution in [2.75, 3.05) is 6.61 Å². The molecule has 0 aromatic heterocycles. The number of carbonyl (C=O) groups is 1. The monoisotopic (exact) mass is 357 g/mol. The van der Waals surface area contributed by atoms with Gasteiger partial charge in [-0.2, -0.15) is 0 Å². The molecule has 0 unspecified atom stereocenters. The average Bonchev–Trinajstić information content (AvgIpc) is 2.72. The number of cyclic esters (lactones) is 1. The number of morpholine rings is 1. The first-order chi connectivity index (χ1) is 13.3. The number of ether oxygens (including phenoxy) is 1. The molecule has 3 nitrogen and oxygen atoms in total. The van der Waals surface area contributed by atoms with Crippen molar-refractivity contribution in [2.24, 2.45) is 0 Å². The first kappa shape index (κ1) is 17.5. The fourth-order valence-electron chi connectivity index (χ4n) is 3.74. The van der Waals surface area contributed by atoms with E-state index < -0.39 is 0 Å². The SMILES string of the molecule is O=C1OC[C@H](Cc2ccccc2)N(Cc2ccccc2)[C@@H]1c1ccccc1. The quantitative estimate of drug-likeness (QED) is 0.634. The van der Waals surface area contributed by atoms with Crippen LogP contribution in [0.5, 0.6) is 0 Å². The van der Waals surface area contributed by atoms with Crippen LogP contribution in [0.1, 0.15) is 22.7 Å². The average molecular weight is 357 g/mol. The van der Waals surface area contributed by atoms with E-state index in [1.54, 1.807) is 0 Å². The van der Waals surface area contributed by atoms with E-state index in [2.05, 4.69) is 41.3 Å². The molecule has 4 rings (SSSR count). The van der Waals surface area contributed by atoms with Crippen molar-refractivity contribution in [3.63, 3.8) is 0 Å². The van der Waals surface area contributed by atoms with Crippen molar-refractivity contribution >= 4 is 5.97 Å². The first-order valence-electron chi connectivity index (χ1n) is 9.36. The van der Waals surface area contributed by atoms with Crippen LogP contribution >= 0.6 is 0 Å². The van der Waals surface area contributed by atoms with Gasteiger partial charge in [-0.1, -0.05) is 91.0 Å². The zero-order valence-electron chi connectivity index (χ0n) is 15.2. The molecule has 3 aromatic rings. The van der Waals surface area contributed by atoms with Crippen LogP contribution in [-0.2, 0) is 22.5 Å². The van der Waals surface area contributed by atoms with E-state index >= 15 is 0 Å². The van der Waals surface area contributed by atoms with Crippen LogP contribution in [0, 0.1) is 0 Å². The van der Waals surface area contributed by atoms with E-state index in [1.165, 1.54) is 11.1 Å². The Morgan fingerprint density at radius 1 is 0.778 bits per heavy atom. The molecule has 3 aromatic carbocycles. The van der Waals surface area contributed by atoms with Gasteiger partial charge in [-0.15, -0.1) is 0 Å². The van der Waals surface area contributed by atoms with E-state index in [9.17, 15) is 4.79 Å². The molecule has 27 heavy (non-hydrogen) atoms. The third kappa shape index (κ3) is 4.09. The molecule has 1 aliphatic heterocycles. The maximum Gasteiger partial charge on any atom is 0.328 e. The van der Waals surface area contributed by atoms with Gasteiger partial charge in [0.05, 0.1) is 0 Å². The number of benzene rings is 3. The second-order valence-corrected chi connectivity index (χ2v) is 6.94. The minimum Gasteiger partial charge on any atom is -0.463 e. The summed E-state index contributed by atoms with van der Waals surface area (Å²) in [6, 6.07) is 30.4. The highest BCUT2D eigenvalue weighted by molar-refractivity contribution is 5.78. The summed E-state index contributed by atoms with van der Waals surface area (Å²) in [5.74, 6) is -0.165. The summed E-state index contributed by atoms with van der Waals surface area (Å²) < 4.78 is 5.62. The maximum atomic E-state index is 12.7. The van der Waals surface area contributed by atoms with Crippen molar-refractivity contribution in [3.8, 4) is 0 Å². The zero-order valence-corrected chi connectivity index (χ0v) is 15.2. The first-order valence-corrected chi connectivity index (χ1v) is 9.36. The second-order valence-electron chi connectivity index (χ2n) is 6.94. The maximum absolute atomic E-state index is 12.7. The van der Waals surface area contributed by atoms with Crippen molar-refractivity contribution < 1.29 is 9.53 Å². The highest BCUT2D eigenvalue weighted by Crippen LogP contribution is 2.31. The van der Waals surface area contributed by atoms with Crippen LogP contribution in [0.2, 0.25) is 0 Å². The Balaban J connectivity index is 1.67. The zero-order chi connectivity index (χ0) is 18.5. The Morgan fingerprint density at radius 2 is 1.33 bits per heavy atom. The number of esters is 1. The fraction of sp³-hybridized carbons (Fsp3) is 0.208. The lowest BCUT2D eigenvalue weighted by Gasteiger charge is -2.41. The number of nitrogens with zero attached hydrogens (tertiary/aromatic N) is 1. The lowest BCUT2D eigenvalue weighted by Crippen LogP contribution is -2.50. The number of hydrogen-bond donors (Lipinski definition) is 0.